The average Bonchev–Trinajstić information content (AvgIpc) is 1.87. The summed E-state index contributed by atoms with van der Waals surface area (Å²) in [5.74, 6) is -0.178. The normalized spacial score (nSPS) is 8.00. The van der Waals surface area contributed by atoms with E-state index in [0.29, 0.717) is 0 Å². The summed E-state index contributed by atoms with van der Waals surface area (Å²) >= 11 is -2.61. The molecular weight excluding hydrogens is 194 g/mol. The van der Waals surface area contributed by atoms with Crippen molar-refractivity contribution in [1.29, 1.82) is 0 Å². The molecule has 12 heavy (non-hydrogen) atoms. The number of halogens is 1. The van der Waals surface area contributed by atoms with Crippen LogP contribution in [-0.2, 0) is 11.4 Å². The molecule has 0 radical (unpaired) electrons. The summed E-state index contributed by atoms with van der Waals surface area (Å²) in [4.78, 5) is 0. The van der Waals surface area contributed by atoms with Gasteiger partial charge in [0.05, 0.1) is 0 Å². The van der Waals surface area contributed by atoms with Crippen molar-refractivity contribution >= 4 is 11.4 Å². The third-order valence-electron chi connectivity index (χ3n) is 0.733. The SMILES string of the molecule is Fc1ccccc1.O=S(O)O.[H-].[Na+]. The molecule has 64 valence electrons. The van der Waals surface area contributed by atoms with Gasteiger partial charge in [0.1, 0.15) is 5.82 Å². The zero-order valence-corrected chi connectivity index (χ0v) is 9.29. The van der Waals surface area contributed by atoms with Gasteiger partial charge in [0.2, 0.25) is 0 Å². The van der Waals surface area contributed by atoms with Gasteiger partial charge in [-0.1, -0.05) is 18.2 Å². The van der Waals surface area contributed by atoms with Crippen molar-refractivity contribution in [2.45, 2.75) is 0 Å². The van der Waals surface area contributed by atoms with Crippen LogP contribution in [0.3, 0.4) is 0 Å². The molecule has 1 rings (SSSR count). The third-order valence-corrected chi connectivity index (χ3v) is 0.733. The van der Waals surface area contributed by atoms with E-state index >= 15 is 0 Å². The molecule has 0 fully saturated rings. The topological polar surface area (TPSA) is 57.5 Å². The van der Waals surface area contributed by atoms with Crippen LogP contribution in [-0.4, -0.2) is 13.3 Å². The molecule has 0 unspecified atom stereocenters. The smallest absolute Gasteiger partial charge is 1.00 e. The standard InChI is InChI=1S/C6H5F.Na.H2O3S.H/c7-6-4-2-1-3-5-6;;1-4(2)3;/h1-5H;;(H2,1,2,3);/q;+1;;-1. The van der Waals surface area contributed by atoms with Gasteiger partial charge in [0.15, 0.2) is 0 Å². The monoisotopic (exact) mass is 202 g/mol. The van der Waals surface area contributed by atoms with Crippen molar-refractivity contribution in [2.75, 3.05) is 0 Å². The molecule has 0 heterocycles. The first-order valence-electron chi connectivity index (χ1n) is 2.63. The van der Waals surface area contributed by atoms with E-state index in [2.05, 4.69) is 0 Å². The van der Waals surface area contributed by atoms with Crippen LogP contribution in [0.1, 0.15) is 1.43 Å². The van der Waals surface area contributed by atoms with Gasteiger partial charge in [-0.05, 0) is 12.1 Å². The number of hydrogen-bond donors (Lipinski definition) is 2. The second-order valence-corrected chi connectivity index (χ2v) is 1.99. The van der Waals surface area contributed by atoms with Crippen LogP contribution < -0.4 is 29.6 Å². The van der Waals surface area contributed by atoms with E-state index in [1.54, 1.807) is 18.2 Å². The van der Waals surface area contributed by atoms with Gasteiger partial charge < -0.3 is 1.43 Å². The zero-order chi connectivity index (χ0) is 8.69. The van der Waals surface area contributed by atoms with E-state index in [0.717, 1.165) is 0 Å². The summed E-state index contributed by atoms with van der Waals surface area (Å²) in [6.45, 7) is 0. The second-order valence-electron chi connectivity index (χ2n) is 1.53. The van der Waals surface area contributed by atoms with Crippen molar-refractivity contribution in [1.82, 2.24) is 0 Å². The van der Waals surface area contributed by atoms with Crippen LogP contribution in [0.5, 0.6) is 0 Å². The molecule has 0 saturated heterocycles. The first-order valence-corrected chi connectivity index (χ1v) is 3.70. The molecule has 0 saturated carbocycles. The molecule has 0 aliphatic carbocycles. The number of hydrogen-bond acceptors (Lipinski definition) is 1. The molecule has 1 aromatic carbocycles. The van der Waals surface area contributed by atoms with Gasteiger partial charge in [-0.3, -0.25) is 9.11 Å². The van der Waals surface area contributed by atoms with E-state index < -0.39 is 11.4 Å². The van der Waals surface area contributed by atoms with Gasteiger partial charge in [0.25, 0.3) is 11.4 Å². The fourth-order valence-electron chi connectivity index (χ4n) is 0.415. The van der Waals surface area contributed by atoms with Crippen molar-refractivity contribution in [3.8, 4) is 0 Å². The molecule has 0 amide bonds. The Morgan fingerprint density at radius 1 is 1.25 bits per heavy atom. The summed E-state index contributed by atoms with van der Waals surface area (Å²) in [6.07, 6.45) is 0. The molecule has 6 heteroatoms. The van der Waals surface area contributed by atoms with E-state index in [9.17, 15) is 4.39 Å². The summed E-state index contributed by atoms with van der Waals surface area (Å²) < 4.78 is 34.7. The van der Waals surface area contributed by atoms with Crippen molar-refractivity contribution < 1.29 is 48.7 Å². The van der Waals surface area contributed by atoms with Crippen molar-refractivity contribution in [2.24, 2.45) is 0 Å². The first kappa shape index (κ1) is 14.7. The first-order chi connectivity index (χ1) is 5.13. The molecule has 0 bridgehead atoms. The molecule has 0 aromatic heterocycles. The second kappa shape index (κ2) is 9.31. The Balaban J connectivity index is -0.000000150. The van der Waals surface area contributed by atoms with E-state index in [-0.39, 0.29) is 36.8 Å². The molecule has 0 atom stereocenters. The van der Waals surface area contributed by atoms with Crippen molar-refractivity contribution in [3.63, 3.8) is 0 Å². The van der Waals surface area contributed by atoms with Gasteiger partial charge >= 0.3 is 29.6 Å². The maximum Gasteiger partial charge on any atom is 1.00 e. The Bertz CT molecular complexity index is 220. The minimum absolute atomic E-state index is 0. The summed E-state index contributed by atoms with van der Waals surface area (Å²) in [7, 11) is 0. The van der Waals surface area contributed by atoms with Crippen LogP contribution in [0.4, 0.5) is 4.39 Å². The predicted molar refractivity (Wildman–Crippen MR) is 40.9 cm³/mol. The summed E-state index contributed by atoms with van der Waals surface area (Å²) in [6, 6.07) is 7.94. The minimum atomic E-state index is -2.61. The molecule has 2 N–H and O–H groups in total. The predicted octanol–water partition coefficient (Wildman–Crippen LogP) is -1.38. The Labute approximate surface area is 95.9 Å². The van der Waals surface area contributed by atoms with E-state index in [1.165, 1.54) is 12.1 Å². The largest absolute Gasteiger partial charge is 1.00 e. The van der Waals surface area contributed by atoms with Gasteiger partial charge in [-0.2, -0.15) is 4.21 Å². The van der Waals surface area contributed by atoms with Gasteiger partial charge in [-0.25, -0.2) is 4.39 Å². The Kier molecular flexibility index (Phi) is 11.4. The molecule has 0 aliphatic heterocycles. The maximum absolute atomic E-state index is 11.9. The molecule has 0 spiro atoms. The summed E-state index contributed by atoms with van der Waals surface area (Å²) in [5.41, 5.74) is 0. The van der Waals surface area contributed by atoms with Gasteiger partial charge in [-0.15, -0.1) is 0 Å². The number of benzene rings is 1. The molecular formula is C6H8FNaO3S. The van der Waals surface area contributed by atoms with E-state index in [1.807, 2.05) is 0 Å². The Morgan fingerprint density at radius 3 is 1.75 bits per heavy atom. The Hall–Kier alpha value is 0.220. The maximum atomic E-state index is 11.9. The third kappa shape index (κ3) is 12.9. The fraction of sp³-hybridized carbons (Fsp3) is 0. The van der Waals surface area contributed by atoms with Crippen LogP contribution >= 0.6 is 0 Å². The van der Waals surface area contributed by atoms with Crippen LogP contribution in [0.2, 0.25) is 0 Å². The van der Waals surface area contributed by atoms with Gasteiger partial charge in [0, 0.05) is 0 Å². The van der Waals surface area contributed by atoms with E-state index in [4.69, 9.17) is 13.3 Å². The zero-order valence-electron chi connectivity index (χ0n) is 7.48. The fourth-order valence-corrected chi connectivity index (χ4v) is 0.415. The molecule has 0 aliphatic rings. The molecule has 1 aromatic rings. The van der Waals surface area contributed by atoms with Crippen LogP contribution in [0, 0.1) is 5.82 Å². The average molecular weight is 202 g/mol. The Morgan fingerprint density at radius 2 is 1.58 bits per heavy atom. The summed E-state index contributed by atoms with van der Waals surface area (Å²) in [5, 5.41) is 0. The number of rotatable bonds is 0. The minimum Gasteiger partial charge on any atom is -1.00 e. The van der Waals surface area contributed by atoms with Crippen LogP contribution in [0.15, 0.2) is 30.3 Å². The van der Waals surface area contributed by atoms with Crippen molar-refractivity contribution in [3.05, 3.63) is 36.1 Å². The molecule has 3 nitrogen and oxygen atoms in total. The van der Waals surface area contributed by atoms with Crippen LogP contribution in [0.25, 0.3) is 0 Å². The quantitative estimate of drug-likeness (QED) is 0.403.